The molecule has 0 unspecified atom stereocenters. The monoisotopic (exact) mass is 248 g/mol. The van der Waals surface area contributed by atoms with Crippen LogP contribution < -0.4 is 0 Å². The lowest BCUT2D eigenvalue weighted by atomic mass is 10.0. The molecule has 0 aliphatic carbocycles. The molecule has 0 saturated heterocycles. The highest BCUT2D eigenvalue weighted by atomic mass is 79.9. The van der Waals surface area contributed by atoms with Gasteiger partial charge in [-0.25, -0.2) is 0 Å². The number of aldehydes is 1. The molecule has 14 heavy (non-hydrogen) atoms. The van der Waals surface area contributed by atoms with Gasteiger partial charge in [0, 0.05) is 10.9 Å². The summed E-state index contributed by atoms with van der Waals surface area (Å²) in [4.78, 5) is 10.5. The zero-order valence-corrected chi connectivity index (χ0v) is 9.12. The number of hydrogen-bond acceptors (Lipinski definition) is 1. The van der Waals surface area contributed by atoms with Gasteiger partial charge in [-0.2, -0.15) is 0 Å². The number of halogens is 1. The maximum absolute atomic E-state index is 10.5. The molecule has 0 heterocycles. The summed E-state index contributed by atoms with van der Waals surface area (Å²) in [6.07, 6.45) is 1.42. The first kappa shape index (κ1) is 9.41. The van der Waals surface area contributed by atoms with Gasteiger partial charge in [-0.1, -0.05) is 46.3 Å². The van der Waals surface area contributed by atoms with Crippen LogP contribution in [0.4, 0.5) is 0 Å². The highest BCUT2D eigenvalue weighted by Crippen LogP contribution is 2.26. The van der Waals surface area contributed by atoms with E-state index in [9.17, 15) is 4.79 Å². The van der Waals surface area contributed by atoms with Crippen LogP contribution in [0.25, 0.3) is 10.8 Å². The second kappa shape index (κ2) is 3.93. The molecule has 2 aromatic rings. The van der Waals surface area contributed by atoms with Gasteiger partial charge in [0.1, 0.15) is 6.29 Å². The van der Waals surface area contributed by atoms with E-state index < -0.39 is 0 Å². The van der Waals surface area contributed by atoms with E-state index in [-0.39, 0.29) is 0 Å². The van der Waals surface area contributed by atoms with Crippen molar-refractivity contribution < 1.29 is 4.79 Å². The number of benzene rings is 2. The molecule has 2 heteroatoms. The Bertz CT molecular complexity index is 477. The van der Waals surface area contributed by atoms with Crippen LogP contribution in [0.15, 0.2) is 40.9 Å². The van der Waals surface area contributed by atoms with E-state index in [2.05, 4.69) is 15.9 Å². The van der Waals surface area contributed by atoms with Gasteiger partial charge in [-0.3, -0.25) is 0 Å². The lowest BCUT2D eigenvalue weighted by Gasteiger charge is -2.04. The second-order valence-corrected chi connectivity index (χ2v) is 3.98. The number of fused-ring (bicyclic) bond motifs is 1. The van der Waals surface area contributed by atoms with Gasteiger partial charge in [-0.15, -0.1) is 0 Å². The van der Waals surface area contributed by atoms with Gasteiger partial charge in [0.05, 0.1) is 0 Å². The minimum absolute atomic E-state index is 0.480. The van der Waals surface area contributed by atoms with Crippen LogP contribution in [-0.2, 0) is 11.2 Å². The van der Waals surface area contributed by atoms with Gasteiger partial charge >= 0.3 is 0 Å². The molecule has 0 radical (unpaired) electrons. The lowest BCUT2D eigenvalue weighted by molar-refractivity contribution is -0.107. The molecule has 2 rings (SSSR count). The lowest BCUT2D eigenvalue weighted by Crippen LogP contribution is -1.88. The van der Waals surface area contributed by atoms with Crippen molar-refractivity contribution in [3.05, 3.63) is 46.4 Å². The molecule has 0 fully saturated rings. The van der Waals surface area contributed by atoms with Crippen LogP contribution in [0.3, 0.4) is 0 Å². The van der Waals surface area contributed by atoms with Crippen LogP contribution in [0, 0.1) is 0 Å². The summed E-state index contributed by atoms with van der Waals surface area (Å²) in [7, 11) is 0. The molecule has 0 aliphatic heterocycles. The van der Waals surface area contributed by atoms with Crippen LogP contribution in [0.1, 0.15) is 5.56 Å². The molecule has 70 valence electrons. The van der Waals surface area contributed by atoms with Crippen molar-refractivity contribution >= 4 is 33.0 Å². The van der Waals surface area contributed by atoms with E-state index in [0.717, 1.165) is 27.1 Å². The van der Waals surface area contributed by atoms with Crippen molar-refractivity contribution in [1.82, 2.24) is 0 Å². The molecule has 0 aromatic heterocycles. The molecule has 0 atom stereocenters. The zero-order chi connectivity index (χ0) is 9.97. The molecular formula is C12H9BrO. The number of carbonyl (C=O) groups is 1. The summed E-state index contributed by atoms with van der Waals surface area (Å²) in [6, 6.07) is 12.1. The van der Waals surface area contributed by atoms with E-state index >= 15 is 0 Å². The minimum Gasteiger partial charge on any atom is -0.303 e. The van der Waals surface area contributed by atoms with Crippen molar-refractivity contribution in [3.8, 4) is 0 Å². The average molecular weight is 249 g/mol. The molecule has 0 bridgehead atoms. The van der Waals surface area contributed by atoms with E-state index in [0.29, 0.717) is 6.42 Å². The van der Waals surface area contributed by atoms with Crippen molar-refractivity contribution in [3.63, 3.8) is 0 Å². The Morgan fingerprint density at radius 1 is 1.07 bits per heavy atom. The van der Waals surface area contributed by atoms with Crippen LogP contribution in [0.2, 0.25) is 0 Å². The first-order valence-corrected chi connectivity index (χ1v) is 5.22. The molecule has 0 aliphatic rings. The largest absolute Gasteiger partial charge is 0.303 e. The fourth-order valence-corrected chi connectivity index (χ4v) is 2.07. The molecule has 1 nitrogen and oxygen atoms in total. The van der Waals surface area contributed by atoms with Crippen molar-refractivity contribution in [1.29, 1.82) is 0 Å². The standard InChI is InChI=1S/C12H9BrO/c13-12-6-5-9(7-8-14)10-3-1-2-4-11(10)12/h1-6,8H,7H2. The molecular weight excluding hydrogens is 240 g/mol. The Labute approximate surface area is 90.9 Å². The predicted octanol–water partition coefficient (Wildman–Crippen LogP) is 3.34. The number of rotatable bonds is 2. The Hall–Kier alpha value is -1.15. The third kappa shape index (κ3) is 1.58. The fraction of sp³-hybridized carbons (Fsp3) is 0.0833. The Morgan fingerprint density at radius 3 is 2.50 bits per heavy atom. The van der Waals surface area contributed by atoms with Crippen molar-refractivity contribution in [2.75, 3.05) is 0 Å². The van der Waals surface area contributed by atoms with Crippen molar-refractivity contribution in [2.24, 2.45) is 0 Å². The first-order chi connectivity index (χ1) is 6.83. The fourth-order valence-electron chi connectivity index (χ4n) is 1.59. The zero-order valence-electron chi connectivity index (χ0n) is 7.53. The van der Waals surface area contributed by atoms with Crippen molar-refractivity contribution in [2.45, 2.75) is 6.42 Å². The third-order valence-electron chi connectivity index (χ3n) is 2.26. The van der Waals surface area contributed by atoms with Gasteiger partial charge < -0.3 is 4.79 Å². The molecule has 0 spiro atoms. The van der Waals surface area contributed by atoms with Crippen LogP contribution in [0.5, 0.6) is 0 Å². The Kier molecular flexibility index (Phi) is 2.64. The van der Waals surface area contributed by atoms with E-state index in [1.807, 2.05) is 36.4 Å². The quantitative estimate of drug-likeness (QED) is 0.746. The Morgan fingerprint density at radius 2 is 1.79 bits per heavy atom. The summed E-state index contributed by atoms with van der Waals surface area (Å²) in [6.45, 7) is 0. The van der Waals surface area contributed by atoms with E-state index in [1.54, 1.807) is 0 Å². The van der Waals surface area contributed by atoms with Gasteiger partial charge in [0.15, 0.2) is 0 Å². The van der Waals surface area contributed by atoms with Gasteiger partial charge in [-0.05, 0) is 22.4 Å². The van der Waals surface area contributed by atoms with Gasteiger partial charge in [0.2, 0.25) is 0 Å². The maximum atomic E-state index is 10.5. The van der Waals surface area contributed by atoms with E-state index in [1.165, 1.54) is 0 Å². The maximum Gasteiger partial charge on any atom is 0.124 e. The average Bonchev–Trinajstić information content (AvgIpc) is 2.23. The molecule has 0 N–H and O–H groups in total. The highest BCUT2D eigenvalue weighted by molar-refractivity contribution is 9.10. The number of carbonyl (C=O) groups excluding carboxylic acids is 1. The third-order valence-corrected chi connectivity index (χ3v) is 2.96. The normalized spacial score (nSPS) is 10.4. The first-order valence-electron chi connectivity index (χ1n) is 4.42. The second-order valence-electron chi connectivity index (χ2n) is 3.12. The summed E-state index contributed by atoms with van der Waals surface area (Å²) in [5, 5.41) is 2.31. The predicted molar refractivity (Wildman–Crippen MR) is 61.4 cm³/mol. The van der Waals surface area contributed by atoms with Gasteiger partial charge in [0.25, 0.3) is 0 Å². The molecule has 0 saturated carbocycles. The minimum atomic E-state index is 0.480. The Balaban J connectivity index is 2.74. The van der Waals surface area contributed by atoms with Crippen LogP contribution in [-0.4, -0.2) is 6.29 Å². The van der Waals surface area contributed by atoms with Crippen LogP contribution >= 0.6 is 15.9 Å². The summed E-state index contributed by atoms with van der Waals surface area (Å²) in [5.74, 6) is 0. The highest BCUT2D eigenvalue weighted by Gasteiger charge is 2.02. The molecule has 0 amide bonds. The smallest absolute Gasteiger partial charge is 0.124 e. The topological polar surface area (TPSA) is 17.1 Å². The summed E-state index contributed by atoms with van der Waals surface area (Å²) < 4.78 is 1.07. The van der Waals surface area contributed by atoms with E-state index in [4.69, 9.17) is 0 Å². The summed E-state index contributed by atoms with van der Waals surface area (Å²) >= 11 is 3.49. The molecule has 2 aromatic carbocycles. The summed E-state index contributed by atoms with van der Waals surface area (Å²) in [5.41, 5.74) is 1.08. The SMILES string of the molecule is O=CCc1ccc(Br)c2ccccc12. The number of hydrogen-bond donors (Lipinski definition) is 0.